The van der Waals surface area contributed by atoms with Crippen molar-refractivity contribution < 1.29 is 9.90 Å². The molecular formula is C9H14N2O2S2. The van der Waals surface area contributed by atoms with Crippen LogP contribution in [0.15, 0.2) is 5.38 Å². The highest BCUT2D eigenvalue weighted by molar-refractivity contribution is 7.98. The average molecular weight is 246 g/mol. The van der Waals surface area contributed by atoms with E-state index in [0.717, 1.165) is 24.4 Å². The molecule has 0 fully saturated rings. The maximum Gasteiger partial charge on any atom is 0.365 e. The van der Waals surface area contributed by atoms with Gasteiger partial charge in [0, 0.05) is 11.9 Å². The van der Waals surface area contributed by atoms with E-state index in [2.05, 4.69) is 16.6 Å². The highest BCUT2D eigenvalue weighted by Gasteiger charge is 2.07. The molecule has 0 radical (unpaired) electrons. The molecule has 0 bridgehead atoms. The van der Waals surface area contributed by atoms with Crippen LogP contribution in [0.25, 0.3) is 0 Å². The third kappa shape index (κ3) is 4.63. The lowest BCUT2D eigenvalue weighted by atomic mass is 10.4. The molecule has 0 saturated heterocycles. The predicted octanol–water partition coefficient (Wildman–Crippen LogP) is 1.68. The van der Waals surface area contributed by atoms with Crippen molar-refractivity contribution >= 4 is 29.1 Å². The number of thioether (sulfide) groups is 1. The number of thiazole rings is 1. The van der Waals surface area contributed by atoms with Crippen LogP contribution in [-0.4, -0.2) is 34.6 Å². The average Bonchev–Trinajstić information content (AvgIpc) is 2.66. The predicted molar refractivity (Wildman–Crippen MR) is 63.8 cm³/mol. The number of rotatable bonds is 7. The number of hydrogen-bond donors (Lipinski definition) is 2. The van der Waals surface area contributed by atoms with Gasteiger partial charge in [0.2, 0.25) is 5.01 Å². The lowest BCUT2D eigenvalue weighted by molar-refractivity contribution is 0.0696. The number of aromatic nitrogens is 1. The van der Waals surface area contributed by atoms with E-state index in [-0.39, 0.29) is 5.01 Å². The van der Waals surface area contributed by atoms with Gasteiger partial charge in [-0.1, -0.05) is 0 Å². The summed E-state index contributed by atoms with van der Waals surface area (Å²) >= 11 is 3.00. The summed E-state index contributed by atoms with van der Waals surface area (Å²) in [6.45, 7) is 1.60. The molecule has 1 heterocycles. The van der Waals surface area contributed by atoms with Crippen molar-refractivity contribution in [2.24, 2.45) is 0 Å². The summed E-state index contributed by atoms with van der Waals surface area (Å²) in [5.41, 5.74) is 0.807. The molecule has 0 spiro atoms. The topological polar surface area (TPSA) is 62.2 Å². The summed E-state index contributed by atoms with van der Waals surface area (Å²) in [5.74, 6) is 0.193. The Kier molecular flexibility index (Phi) is 5.67. The van der Waals surface area contributed by atoms with Gasteiger partial charge in [-0.2, -0.15) is 11.8 Å². The van der Waals surface area contributed by atoms with Crippen LogP contribution in [0.5, 0.6) is 0 Å². The van der Waals surface area contributed by atoms with Crippen LogP contribution in [0, 0.1) is 0 Å². The van der Waals surface area contributed by atoms with Crippen molar-refractivity contribution in [3.63, 3.8) is 0 Å². The van der Waals surface area contributed by atoms with Crippen molar-refractivity contribution in [2.45, 2.75) is 13.0 Å². The smallest absolute Gasteiger partial charge is 0.365 e. The van der Waals surface area contributed by atoms with Gasteiger partial charge in [-0.3, -0.25) is 0 Å². The first-order chi connectivity index (χ1) is 7.24. The highest BCUT2D eigenvalue weighted by atomic mass is 32.2. The Hall–Kier alpha value is -0.590. The molecule has 0 aliphatic rings. The molecule has 1 rings (SSSR count). The van der Waals surface area contributed by atoms with E-state index < -0.39 is 5.97 Å². The third-order valence-electron chi connectivity index (χ3n) is 1.74. The van der Waals surface area contributed by atoms with Crippen LogP contribution in [0.1, 0.15) is 21.9 Å². The largest absolute Gasteiger partial charge is 0.476 e. The first-order valence-electron chi connectivity index (χ1n) is 4.61. The number of nitrogens with zero attached hydrogens (tertiary/aromatic N) is 1. The maximum absolute atomic E-state index is 10.6. The van der Waals surface area contributed by atoms with E-state index in [4.69, 9.17) is 5.11 Å². The van der Waals surface area contributed by atoms with E-state index in [9.17, 15) is 4.79 Å². The number of nitrogens with one attached hydrogen (secondary N) is 1. The highest BCUT2D eigenvalue weighted by Crippen LogP contribution is 2.09. The van der Waals surface area contributed by atoms with Crippen LogP contribution in [0.3, 0.4) is 0 Å². The number of aromatic carboxylic acids is 1. The lowest BCUT2D eigenvalue weighted by Gasteiger charge is -2.00. The van der Waals surface area contributed by atoms with Crippen LogP contribution in [-0.2, 0) is 6.54 Å². The minimum absolute atomic E-state index is 0.163. The second kappa shape index (κ2) is 6.81. The van der Waals surface area contributed by atoms with Gasteiger partial charge in [0.1, 0.15) is 0 Å². The molecule has 0 aliphatic heterocycles. The molecule has 2 N–H and O–H groups in total. The second-order valence-electron chi connectivity index (χ2n) is 2.97. The molecular weight excluding hydrogens is 232 g/mol. The SMILES string of the molecule is CSCCCNCc1csc(C(=O)O)n1. The van der Waals surface area contributed by atoms with E-state index in [0.29, 0.717) is 6.54 Å². The first-order valence-corrected chi connectivity index (χ1v) is 6.88. The standard InChI is InChI=1S/C9H14N2O2S2/c1-14-4-2-3-10-5-7-6-15-8(11-7)9(12)13/h6,10H,2-5H2,1H3,(H,12,13). The fraction of sp³-hybridized carbons (Fsp3) is 0.556. The van der Waals surface area contributed by atoms with E-state index in [1.165, 1.54) is 11.3 Å². The molecule has 0 saturated carbocycles. The molecule has 1 aromatic rings. The minimum atomic E-state index is -0.950. The van der Waals surface area contributed by atoms with Crippen molar-refractivity contribution in [3.05, 3.63) is 16.1 Å². The lowest BCUT2D eigenvalue weighted by Crippen LogP contribution is -2.15. The number of carbonyl (C=O) groups is 1. The van der Waals surface area contributed by atoms with Gasteiger partial charge in [-0.25, -0.2) is 9.78 Å². The Bertz CT molecular complexity index is 315. The molecule has 4 nitrogen and oxygen atoms in total. The van der Waals surface area contributed by atoms with Gasteiger partial charge < -0.3 is 10.4 Å². The molecule has 6 heteroatoms. The van der Waals surface area contributed by atoms with Crippen LogP contribution < -0.4 is 5.32 Å². The zero-order chi connectivity index (χ0) is 11.1. The Morgan fingerprint density at radius 3 is 3.13 bits per heavy atom. The Labute approximate surface area is 97.1 Å². The van der Waals surface area contributed by atoms with Gasteiger partial charge >= 0.3 is 5.97 Å². The first kappa shape index (κ1) is 12.5. The molecule has 0 unspecified atom stereocenters. The van der Waals surface area contributed by atoms with Crippen molar-refractivity contribution in [1.82, 2.24) is 10.3 Å². The zero-order valence-electron chi connectivity index (χ0n) is 8.52. The second-order valence-corrected chi connectivity index (χ2v) is 4.82. The van der Waals surface area contributed by atoms with Gasteiger partial charge in [0.05, 0.1) is 5.69 Å². The molecule has 0 aromatic carbocycles. The zero-order valence-corrected chi connectivity index (χ0v) is 10.2. The van der Waals surface area contributed by atoms with Gasteiger partial charge in [0.25, 0.3) is 0 Å². The quantitative estimate of drug-likeness (QED) is 0.717. The molecule has 84 valence electrons. The Balaban J connectivity index is 2.23. The van der Waals surface area contributed by atoms with E-state index >= 15 is 0 Å². The molecule has 15 heavy (non-hydrogen) atoms. The molecule has 0 atom stereocenters. The monoisotopic (exact) mass is 246 g/mol. The normalized spacial score (nSPS) is 10.5. The van der Waals surface area contributed by atoms with Crippen molar-refractivity contribution in [2.75, 3.05) is 18.6 Å². The number of hydrogen-bond acceptors (Lipinski definition) is 5. The Morgan fingerprint density at radius 1 is 1.73 bits per heavy atom. The maximum atomic E-state index is 10.6. The molecule has 1 aromatic heterocycles. The van der Waals surface area contributed by atoms with Crippen LogP contribution in [0.2, 0.25) is 0 Å². The Morgan fingerprint density at radius 2 is 2.53 bits per heavy atom. The summed E-state index contributed by atoms with van der Waals surface area (Å²) in [4.78, 5) is 14.5. The van der Waals surface area contributed by atoms with Crippen LogP contribution >= 0.6 is 23.1 Å². The van der Waals surface area contributed by atoms with Crippen LogP contribution in [0.4, 0.5) is 0 Å². The minimum Gasteiger partial charge on any atom is -0.476 e. The third-order valence-corrected chi connectivity index (χ3v) is 3.32. The fourth-order valence-electron chi connectivity index (χ4n) is 1.04. The molecule has 0 amide bonds. The van der Waals surface area contributed by atoms with Gasteiger partial charge in [0.15, 0.2) is 0 Å². The number of carboxylic acid groups (broad SMARTS) is 1. The van der Waals surface area contributed by atoms with Crippen molar-refractivity contribution in [3.8, 4) is 0 Å². The van der Waals surface area contributed by atoms with Crippen molar-refractivity contribution in [1.29, 1.82) is 0 Å². The van der Waals surface area contributed by atoms with E-state index in [1.54, 1.807) is 5.38 Å². The molecule has 0 aliphatic carbocycles. The van der Waals surface area contributed by atoms with E-state index in [1.807, 2.05) is 11.8 Å². The van der Waals surface area contributed by atoms with Gasteiger partial charge in [-0.05, 0) is 25.0 Å². The number of carboxylic acids is 1. The summed E-state index contributed by atoms with van der Waals surface area (Å²) in [7, 11) is 0. The summed E-state index contributed by atoms with van der Waals surface area (Å²) in [5, 5.41) is 13.8. The fourth-order valence-corrected chi connectivity index (χ4v) is 2.13. The van der Waals surface area contributed by atoms with Gasteiger partial charge in [-0.15, -0.1) is 11.3 Å². The summed E-state index contributed by atoms with van der Waals surface area (Å²) < 4.78 is 0. The summed E-state index contributed by atoms with van der Waals surface area (Å²) in [6.07, 6.45) is 3.21. The summed E-state index contributed by atoms with van der Waals surface area (Å²) in [6, 6.07) is 0.